The van der Waals surface area contributed by atoms with Crippen LogP contribution in [0.25, 0.3) is 0 Å². The number of benzene rings is 3. The van der Waals surface area contributed by atoms with Crippen LogP contribution in [0, 0.1) is 15.9 Å². The molecule has 0 aliphatic carbocycles. The molecule has 8 heteroatoms. The van der Waals surface area contributed by atoms with Crippen molar-refractivity contribution in [2.24, 2.45) is 0 Å². The molecular formula is C25H21FN2O5. The quantitative estimate of drug-likeness (QED) is 0.441. The maximum absolute atomic E-state index is 15.1. The summed E-state index contributed by atoms with van der Waals surface area (Å²) in [6, 6.07) is 18.2. The van der Waals surface area contributed by atoms with Crippen LogP contribution in [0.15, 0.2) is 72.8 Å². The first-order valence-electron chi connectivity index (χ1n) is 10.5. The predicted octanol–water partition coefficient (Wildman–Crippen LogP) is 4.21. The third-order valence-corrected chi connectivity index (χ3v) is 6.62. The van der Waals surface area contributed by atoms with Gasteiger partial charge < -0.3 is 14.4 Å². The van der Waals surface area contributed by atoms with Crippen LogP contribution in [0.5, 0.6) is 5.75 Å². The Kier molecular flexibility index (Phi) is 4.90. The predicted molar refractivity (Wildman–Crippen MR) is 118 cm³/mol. The first kappa shape index (κ1) is 21.1. The van der Waals surface area contributed by atoms with Crippen molar-refractivity contribution in [2.75, 3.05) is 19.1 Å². The van der Waals surface area contributed by atoms with Gasteiger partial charge in [-0.1, -0.05) is 48.5 Å². The van der Waals surface area contributed by atoms with Crippen molar-refractivity contribution in [3.8, 4) is 5.75 Å². The number of hydrogen-bond donors (Lipinski definition) is 0. The Balaban J connectivity index is 1.78. The Morgan fingerprint density at radius 2 is 1.73 bits per heavy atom. The highest BCUT2D eigenvalue weighted by atomic mass is 19.1. The number of likely N-dealkylation sites (N-methyl/N-ethyl adjacent to an activating group) is 1. The number of fused-ring (bicyclic) bond motifs is 2. The van der Waals surface area contributed by atoms with Gasteiger partial charge in [0.15, 0.2) is 11.7 Å². The van der Waals surface area contributed by atoms with E-state index in [-0.39, 0.29) is 5.56 Å². The molecule has 1 amide bonds. The van der Waals surface area contributed by atoms with E-state index in [4.69, 9.17) is 9.47 Å². The monoisotopic (exact) mass is 448 g/mol. The van der Waals surface area contributed by atoms with Crippen LogP contribution >= 0.6 is 0 Å². The molecule has 4 atom stereocenters. The molecule has 0 radical (unpaired) electrons. The van der Waals surface area contributed by atoms with Crippen LogP contribution in [-0.2, 0) is 15.1 Å². The molecule has 7 nitrogen and oxygen atoms in total. The van der Waals surface area contributed by atoms with Gasteiger partial charge >= 0.3 is 0 Å². The molecule has 0 N–H and O–H groups in total. The maximum Gasteiger partial charge on any atom is 0.264 e. The number of nitrogens with zero attached hydrogens (tertiary/aromatic N) is 2. The number of methoxy groups -OCH3 is 1. The van der Waals surface area contributed by atoms with Crippen molar-refractivity contribution in [2.45, 2.75) is 23.7 Å². The summed E-state index contributed by atoms with van der Waals surface area (Å²) < 4.78 is 26.8. The number of anilines is 1. The number of ether oxygens (including phenoxy) is 2. The number of para-hydroxylation sites is 1. The average Bonchev–Trinajstić information content (AvgIpc) is 3.29. The lowest BCUT2D eigenvalue weighted by Crippen LogP contribution is -2.44. The molecular weight excluding hydrogens is 427 g/mol. The lowest BCUT2D eigenvalue weighted by molar-refractivity contribution is -0.531. The molecule has 0 bridgehead atoms. The van der Waals surface area contributed by atoms with E-state index in [1.54, 1.807) is 61.6 Å². The molecule has 2 aliphatic rings. The van der Waals surface area contributed by atoms with Gasteiger partial charge in [0.25, 0.3) is 11.9 Å². The van der Waals surface area contributed by atoms with E-state index < -0.39 is 40.3 Å². The first-order valence-corrected chi connectivity index (χ1v) is 10.5. The largest absolute Gasteiger partial charge is 0.497 e. The maximum atomic E-state index is 15.1. The molecule has 0 aromatic heterocycles. The molecule has 3 aromatic rings. The van der Waals surface area contributed by atoms with Crippen LogP contribution in [0.3, 0.4) is 0 Å². The molecule has 1 saturated heterocycles. The van der Waals surface area contributed by atoms with Crippen molar-refractivity contribution < 1.29 is 23.6 Å². The number of carbonyl (C=O) groups excluding carboxylic acids is 1. The van der Waals surface area contributed by atoms with E-state index in [9.17, 15) is 14.9 Å². The second-order valence-electron chi connectivity index (χ2n) is 8.20. The number of amides is 1. The summed E-state index contributed by atoms with van der Waals surface area (Å²) in [5.74, 6) is -1.68. The van der Waals surface area contributed by atoms with Crippen LogP contribution < -0.4 is 9.64 Å². The summed E-state index contributed by atoms with van der Waals surface area (Å²) in [5, 5.41) is 12.5. The fourth-order valence-electron chi connectivity index (χ4n) is 5.15. The third-order valence-electron chi connectivity index (χ3n) is 6.62. The molecule has 3 aromatic carbocycles. The van der Waals surface area contributed by atoms with Crippen molar-refractivity contribution >= 4 is 11.6 Å². The van der Waals surface area contributed by atoms with E-state index >= 15 is 4.39 Å². The minimum atomic E-state index is -1.74. The number of rotatable bonds is 4. The minimum Gasteiger partial charge on any atom is -0.497 e. The summed E-state index contributed by atoms with van der Waals surface area (Å²) in [6.07, 6.45) is -1.08. The van der Waals surface area contributed by atoms with Gasteiger partial charge in [0.05, 0.1) is 18.7 Å². The highest BCUT2D eigenvalue weighted by Crippen LogP contribution is 2.60. The van der Waals surface area contributed by atoms with E-state index in [2.05, 4.69) is 0 Å². The smallest absolute Gasteiger partial charge is 0.264 e. The topological polar surface area (TPSA) is 81.9 Å². The van der Waals surface area contributed by atoms with Crippen LogP contribution in [0.1, 0.15) is 28.7 Å². The Bertz CT molecular complexity index is 1250. The summed E-state index contributed by atoms with van der Waals surface area (Å²) in [5.41, 5.74) is -0.0743. The molecule has 0 unspecified atom stereocenters. The normalized spacial score (nSPS) is 26.0. The van der Waals surface area contributed by atoms with Gasteiger partial charge in [0, 0.05) is 23.1 Å². The molecule has 2 aliphatic heterocycles. The Hall–Kier alpha value is -3.78. The average molecular weight is 448 g/mol. The fraction of sp³-hybridized carbons (Fsp3) is 0.240. The highest BCUT2D eigenvalue weighted by molar-refractivity contribution is 6.07. The zero-order chi connectivity index (χ0) is 23.3. The Labute approximate surface area is 189 Å². The summed E-state index contributed by atoms with van der Waals surface area (Å²) in [4.78, 5) is 27.2. The lowest BCUT2D eigenvalue weighted by atomic mass is 9.74. The number of nitro groups is 1. The zero-order valence-corrected chi connectivity index (χ0v) is 18.0. The molecule has 33 heavy (non-hydrogen) atoms. The molecule has 168 valence electrons. The summed E-state index contributed by atoms with van der Waals surface area (Å²) in [6.45, 7) is 0. The van der Waals surface area contributed by atoms with Crippen molar-refractivity contribution in [3.63, 3.8) is 0 Å². The molecule has 2 heterocycles. The van der Waals surface area contributed by atoms with E-state index in [0.29, 0.717) is 22.6 Å². The summed E-state index contributed by atoms with van der Waals surface area (Å²) in [7, 11) is 3.12. The second-order valence-corrected chi connectivity index (χ2v) is 8.20. The van der Waals surface area contributed by atoms with E-state index in [1.807, 2.05) is 0 Å². The molecule has 1 spiro atoms. The minimum absolute atomic E-state index is 0.0775. The van der Waals surface area contributed by atoms with Gasteiger partial charge in [0.2, 0.25) is 0 Å². The second kappa shape index (κ2) is 7.67. The number of hydrogen-bond acceptors (Lipinski definition) is 5. The molecule has 1 fully saturated rings. The Morgan fingerprint density at radius 1 is 1.06 bits per heavy atom. The van der Waals surface area contributed by atoms with Crippen molar-refractivity contribution in [1.82, 2.24) is 0 Å². The van der Waals surface area contributed by atoms with Crippen LogP contribution in [0.2, 0.25) is 0 Å². The van der Waals surface area contributed by atoms with Gasteiger partial charge in [-0.2, -0.15) is 0 Å². The zero-order valence-electron chi connectivity index (χ0n) is 18.0. The van der Waals surface area contributed by atoms with Crippen molar-refractivity contribution in [1.29, 1.82) is 0 Å². The summed E-state index contributed by atoms with van der Waals surface area (Å²) >= 11 is 0. The van der Waals surface area contributed by atoms with Gasteiger partial charge in [-0.15, -0.1) is 0 Å². The Morgan fingerprint density at radius 3 is 2.39 bits per heavy atom. The van der Waals surface area contributed by atoms with Gasteiger partial charge in [0.1, 0.15) is 11.6 Å². The highest BCUT2D eigenvalue weighted by Gasteiger charge is 2.70. The standard InChI is InChI=1S/C25H21FN2O5/c1-27-20-10-6-4-8-18(20)25(24(27)29)21(17-7-3-5-9-19(17)26)22(28(30)31)23(33-25)15-11-13-16(32-2)14-12-15/h3-14,21-23H,1-2H3/t21-,22-,23-,25+/m0/s1. The van der Waals surface area contributed by atoms with Gasteiger partial charge in [-0.05, 0) is 29.8 Å². The van der Waals surface area contributed by atoms with Gasteiger partial charge in [-0.3, -0.25) is 14.9 Å². The van der Waals surface area contributed by atoms with Crippen LogP contribution in [-0.4, -0.2) is 31.0 Å². The van der Waals surface area contributed by atoms with E-state index in [0.717, 1.165) is 0 Å². The lowest BCUT2D eigenvalue weighted by Gasteiger charge is -2.29. The van der Waals surface area contributed by atoms with Gasteiger partial charge in [-0.25, -0.2) is 4.39 Å². The van der Waals surface area contributed by atoms with E-state index in [1.165, 1.54) is 30.2 Å². The third kappa shape index (κ3) is 2.94. The number of halogens is 1. The fourth-order valence-corrected chi connectivity index (χ4v) is 5.15. The SMILES string of the molecule is COc1ccc([C@@H]2O[C@@]3(C(=O)N(C)c4ccccc43)[C@@H](c3ccccc3F)[C@@H]2[N+](=O)[O-])cc1. The van der Waals surface area contributed by atoms with Crippen LogP contribution in [0.4, 0.5) is 10.1 Å². The molecule has 5 rings (SSSR count). The number of carbonyl (C=O) groups is 1. The van der Waals surface area contributed by atoms with Crippen molar-refractivity contribution in [3.05, 3.63) is 105 Å². The first-order chi connectivity index (χ1) is 15.9. The molecule has 0 saturated carbocycles.